The summed E-state index contributed by atoms with van der Waals surface area (Å²) in [5, 5.41) is 21.0. The van der Waals surface area contributed by atoms with Crippen LogP contribution >= 0.6 is 23.1 Å². The number of rotatable bonds is 7. The average Bonchev–Trinajstić information content (AvgIpc) is 3.11. The third kappa shape index (κ3) is 4.32. The summed E-state index contributed by atoms with van der Waals surface area (Å²) in [6, 6.07) is -0.130. The van der Waals surface area contributed by atoms with Gasteiger partial charge >= 0.3 is 5.97 Å². The molecule has 8 nitrogen and oxygen atoms in total. The Labute approximate surface area is 147 Å². The number of carbonyl (C=O) groups excluding carboxylic acids is 1. The molecule has 0 radical (unpaired) electrons. The molecule has 1 amide bonds. The Balaban J connectivity index is 1.93. The Kier molecular flexibility index (Phi) is 5.94. The van der Waals surface area contributed by atoms with E-state index in [0.717, 1.165) is 11.3 Å². The molecule has 0 saturated heterocycles. The Hall–Kier alpha value is -1.94. The van der Waals surface area contributed by atoms with Gasteiger partial charge in [-0.15, -0.1) is 21.5 Å². The maximum Gasteiger partial charge on any atom is 0.347 e. The predicted molar refractivity (Wildman–Crippen MR) is 91.5 cm³/mol. The van der Waals surface area contributed by atoms with Crippen LogP contribution in [0.3, 0.4) is 0 Å². The Morgan fingerprint density at radius 3 is 2.71 bits per heavy atom. The molecule has 2 heterocycles. The van der Waals surface area contributed by atoms with Gasteiger partial charge in [0.25, 0.3) is 0 Å². The van der Waals surface area contributed by atoms with Crippen LogP contribution in [-0.2, 0) is 4.79 Å². The van der Waals surface area contributed by atoms with Crippen LogP contribution in [0.1, 0.15) is 53.2 Å². The lowest BCUT2D eigenvalue weighted by Gasteiger charge is -2.12. The van der Waals surface area contributed by atoms with E-state index in [1.54, 1.807) is 20.2 Å². The van der Waals surface area contributed by atoms with Crippen LogP contribution in [0.2, 0.25) is 0 Å². The van der Waals surface area contributed by atoms with Gasteiger partial charge in [-0.3, -0.25) is 4.79 Å². The minimum absolute atomic E-state index is 0.171. The van der Waals surface area contributed by atoms with Crippen molar-refractivity contribution in [1.82, 2.24) is 25.1 Å². The summed E-state index contributed by atoms with van der Waals surface area (Å²) in [5.41, 5.74) is 0.461. The molecule has 1 unspecified atom stereocenters. The molecule has 0 fully saturated rings. The molecule has 2 N–H and O–H groups in total. The minimum atomic E-state index is -1.00. The summed E-state index contributed by atoms with van der Waals surface area (Å²) >= 11 is 2.39. The molecular formula is C14H19N5O3S2. The number of amides is 1. The Morgan fingerprint density at radius 2 is 2.12 bits per heavy atom. The van der Waals surface area contributed by atoms with Crippen molar-refractivity contribution >= 4 is 35.0 Å². The highest BCUT2D eigenvalue weighted by molar-refractivity contribution is 7.99. The first-order chi connectivity index (χ1) is 11.3. The SMILES string of the molecule is Cc1nc(C(C)NC(=O)CSc2nncn2C(C)C)sc1C(=O)O. The van der Waals surface area contributed by atoms with E-state index in [2.05, 4.69) is 20.5 Å². The van der Waals surface area contributed by atoms with E-state index in [0.29, 0.717) is 15.9 Å². The van der Waals surface area contributed by atoms with Gasteiger partial charge in [0.1, 0.15) is 16.2 Å². The number of hydrogen-bond acceptors (Lipinski definition) is 7. The lowest BCUT2D eigenvalue weighted by Crippen LogP contribution is -2.28. The van der Waals surface area contributed by atoms with Gasteiger partial charge in [-0.2, -0.15) is 0 Å². The molecule has 0 aliphatic carbocycles. The van der Waals surface area contributed by atoms with Crippen molar-refractivity contribution in [2.75, 3.05) is 5.75 Å². The third-order valence-corrected chi connectivity index (χ3v) is 5.47. The second-order valence-electron chi connectivity index (χ2n) is 5.46. The maximum absolute atomic E-state index is 12.1. The van der Waals surface area contributed by atoms with E-state index in [4.69, 9.17) is 5.11 Å². The van der Waals surface area contributed by atoms with Crippen molar-refractivity contribution in [2.45, 2.75) is 44.9 Å². The zero-order chi connectivity index (χ0) is 17.9. The van der Waals surface area contributed by atoms with Gasteiger partial charge in [-0.25, -0.2) is 9.78 Å². The van der Waals surface area contributed by atoms with Crippen molar-refractivity contribution in [3.05, 3.63) is 21.9 Å². The number of aryl methyl sites for hydroxylation is 1. The highest BCUT2D eigenvalue weighted by Crippen LogP contribution is 2.24. The minimum Gasteiger partial charge on any atom is -0.477 e. The number of aromatic carboxylic acids is 1. The highest BCUT2D eigenvalue weighted by Gasteiger charge is 2.19. The van der Waals surface area contributed by atoms with Crippen molar-refractivity contribution in [2.24, 2.45) is 0 Å². The number of nitrogens with zero attached hydrogens (tertiary/aromatic N) is 4. The van der Waals surface area contributed by atoms with Gasteiger partial charge in [0, 0.05) is 6.04 Å². The highest BCUT2D eigenvalue weighted by atomic mass is 32.2. The van der Waals surface area contributed by atoms with Crippen molar-refractivity contribution < 1.29 is 14.7 Å². The number of thioether (sulfide) groups is 1. The fraction of sp³-hybridized carbons (Fsp3) is 0.500. The van der Waals surface area contributed by atoms with Gasteiger partial charge in [0.15, 0.2) is 5.16 Å². The van der Waals surface area contributed by atoms with Crippen molar-refractivity contribution in [1.29, 1.82) is 0 Å². The van der Waals surface area contributed by atoms with Crippen LogP contribution in [0.5, 0.6) is 0 Å². The normalized spacial score (nSPS) is 12.4. The first-order valence-corrected chi connectivity index (χ1v) is 9.12. The molecule has 130 valence electrons. The molecule has 0 spiro atoms. The number of carbonyl (C=O) groups is 2. The predicted octanol–water partition coefficient (Wildman–Crippen LogP) is 2.29. The molecule has 0 saturated carbocycles. The summed E-state index contributed by atoms with van der Waals surface area (Å²) in [4.78, 5) is 27.6. The summed E-state index contributed by atoms with van der Waals surface area (Å²) in [6.07, 6.45) is 1.64. The van der Waals surface area contributed by atoms with Gasteiger partial charge in [0.05, 0.1) is 17.5 Å². The average molecular weight is 369 g/mol. The quantitative estimate of drug-likeness (QED) is 0.720. The smallest absolute Gasteiger partial charge is 0.347 e. The van der Waals surface area contributed by atoms with Gasteiger partial charge in [-0.1, -0.05) is 11.8 Å². The van der Waals surface area contributed by atoms with E-state index in [-0.39, 0.29) is 28.6 Å². The van der Waals surface area contributed by atoms with Crippen molar-refractivity contribution in [3.8, 4) is 0 Å². The van der Waals surface area contributed by atoms with Crippen LogP contribution in [0.4, 0.5) is 0 Å². The Bertz CT molecular complexity index is 741. The van der Waals surface area contributed by atoms with E-state index < -0.39 is 5.97 Å². The first-order valence-electron chi connectivity index (χ1n) is 7.31. The lowest BCUT2D eigenvalue weighted by atomic mass is 10.3. The van der Waals surface area contributed by atoms with Crippen LogP contribution in [0, 0.1) is 6.92 Å². The standard InChI is InChI=1S/C14H19N5O3S2/c1-7(2)19-6-15-18-14(19)23-5-10(20)16-9(4)12-17-8(3)11(24-12)13(21)22/h6-7,9H,5H2,1-4H3,(H,16,20)(H,21,22). The van der Waals surface area contributed by atoms with E-state index in [1.165, 1.54) is 11.8 Å². The zero-order valence-corrected chi connectivity index (χ0v) is 15.4. The van der Waals surface area contributed by atoms with Crippen LogP contribution in [0.25, 0.3) is 0 Å². The van der Waals surface area contributed by atoms with E-state index >= 15 is 0 Å². The number of thiazole rings is 1. The Morgan fingerprint density at radius 1 is 1.42 bits per heavy atom. The van der Waals surface area contributed by atoms with Crippen LogP contribution < -0.4 is 5.32 Å². The van der Waals surface area contributed by atoms with Gasteiger partial charge in [0.2, 0.25) is 5.91 Å². The lowest BCUT2D eigenvalue weighted by molar-refractivity contribution is -0.119. The second-order valence-corrected chi connectivity index (χ2v) is 7.44. The second kappa shape index (κ2) is 7.75. The summed E-state index contributed by atoms with van der Waals surface area (Å²) < 4.78 is 1.89. The summed E-state index contributed by atoms with van der Waals surface area (Å²) in [6.45, 7) is 7.45. The topological polar surface area (TPSA) is 110 Å². The number of aromatic nitrogens is 4. The molecule has 0 aliphatic rings. The molecule has 0 aromatic carbocycles. The molecule has 1 atom stereocenters. The maximum atomic E-state index is 12.1. The summed E-state index contributed by atoms with van der Waals surface area (Å²) in [5.74, 6) is -0.972. The summed E-state index contributed by atoms with van der Waals surface area (Å²) in [7, 11) is 0. The van der Waals surface area contributed by atoms with E-state index in [9.17, 15) is 9.59 Å². The van der Waals surface area contributed by atoms with Crippen LogP contribution in [-0.4, -0.2) is 42.5 Å². The molecule has 2 aromatic heterocycles. The molecule has 10 heteroatoms. The zero-order valence-electron chi connectivity index (χ0n) is 13.8. The molecular weight excluding hydrogens is 350 g/mol. The number of nitrogens with one attached hydrogen (secondary N) is 1. The largest absolute Gasteiger partial charge is 0.477 e. The fourth-order valence-electron chi connectivity index (χ4n) is 1.97. The molecule has 2 rings (SSSR count). The van der Waals surface area contributed by atoms with Crippen molar-refractivity contribution in [3.63, 3.8) is 0 Å². The first kappa shape index (κ1) is 18.4. The van der Waals surface area contributed by atoms with Gasteiger partial charge < -0.3 is 15.0 Å². The number of carboxylic acid groups (broad SMARTS) is 1. The number of hydrogen-bond donors (Lipinski definition) is 2. The fourth-order valence-corrected chi connectivity index (χ4v) is 3.73. The molecule has 0 aliphatic heterocycles. The molecule has 2 aromatic rings. The number of carboxylic acids is 1. The molecule has 0 bridgehead atoms. The van der Waals surface area contributed by atoms with Crippen LogP contribution in [0.15, 0.2) is 11.5 Å². The van der Waals surface area contributed by atoms with E-state index in [1.807, 2.05) is 18.4 Å². The van der Waals surface area contributed by atoms with Gasteiger partial charge in [-0.05, 0) is 27.7 Å². The molecule has 24 heavy (non-hydrogen) atoms. The monoisotopic (exact) mass is 369 g/mol. The third-order valence-electron chi connectivity index (χ3n) is 3.18.